The molecule has 0 saturated heterocycles. The number of carbonyl (C=O) groups is 1. The molecule has 1 aromatic heterocycles. The third-order valence-corrected chi connectivity index (χ3v) is 3.00. The Bertz CT molecular complexity index is 388. The number of nitrogens with zero attached hydrogens (tertiary/aromatic N) is 4. The molecule has 1 amide bonds. The Morgan fingerprint density at radius 1 is 1.56 bits per heavy atom. The number of hydrogen-bond acceptors (Lipinski definition) is 4. The predicted molar refractivity (Wildman–Crippen MR) is 69.8 cm³/mol. The lowest BCUT2D eigenvalue weighted by atomic mass is 10.1. The van der Waals surface area contributed by atoms with Crippen LogP contribution in [0.5, 0.6) is 0 Å². The highest BCUT2D eigenvalue weighted by atomic mass is 16.2. The van der Waals surface area contributed by atoms with Gasteiger partial charge in [-0.15, -0.1) is 5.10 Å². The van der Waals surface area contributed by atoms with Gasteiger partial charge in [0, 0.05) is 13.1 Å². The molecule has 6 nitrogen and oxygen atoms in total. The maximum Gasteiger partial charge on any atom is 0.244 e. The molecule has 2 N–H and O–H groups in total. The summed E-state index contributed by atoms with van der Waals surface area (Å²) in [6.07, 6.45) is 3.63. The number of rotatable bonds is 6. The van der Waals surface area contributed by atoms with Gasteiger partial charge in [-0.3, -0.25) is 4.79 Å². The van der Waals surface area contributed by atoms with E-state index in [1.54, 1.807) is 22.8 Å². The van der Waals surface area contributed by atoms with Crippen LogP contribution >= 0.6 is 0 Å². The van der Waals surface area contributed by atoms with Crippen molar-refractivity contribution in [3.8, 4) is 0 Å². The first-order valence-electron chi connectivity index (χ1n) is 6.37. The molecular weight excluding hydrogens is 230 g/mol. The van der Waals surface area contributed by atoms with E-state index in [-0.39, 0.29) is 24.5 Å². The summed E-state index contributed by atoms with van der Waals surface area (Å²) in [4.78, 5) is 13.6. The van der Waals surface area contributed by atoms with E-state index in [1.165, 1.54) is 0 Å². The maximum atomic E-state index is 11.9. The van der Waals surface area contributed by atoms with Crippen molar-refractivity contribution in [2.24, 2.45) is 5.73 Å². The van der Waals surface area contributed by atoms with Crippen molar-refractivity contribution in [1.29, 1.82) is 0 Å². The lowest BCUT2D eigenvalue weighted by Gasteiger charge is -2.21. The Balaban J connectivity index is 2.61. The molecule has 0 fully saturated rings. The van der Waals surface area contributed by atoms with Crippen LogP contribution in [0.25, 0.3) is 0 Å². The molecule has 1 atom stereocenters. The molecule has 102 valence electrons. The first-order valence-corrected chi connectivity index (χ1v) is 6.37. The fourth-order valence-electron chi connectivity index (χ4n) is 1.56. The molecular formula is C12H23N5O. The SMILES string of the molecule is CCCC(N)c1cn(CC(=O)N(C)C(C)C)nn1. The van der Waals surface area contributed by atoms with Crippen LogP contribution in [0.4, 0.5) is 0 Å². The van der Waals surface area contributed by atoms with Crippen molar-refractivity contribution < 1.29 is 4.79 Å². The van der Waals surface area contributed by atoms with Crippen LogP contribution in [-0.4, -0.2) is 38.9 Å². The summed E-state index contributed by atoms with van der Waals surface area (Å²) >= 11 is 0. The van der Waals surface area contributed by atoms with Crippen LogP contribution in [0.3, 0.4) is 0 Å². The summed E-state index contributed by atoms with van der Waals surface area (Å²) in [5, 5.41) is 7.95. The minimum absolute atomic E-state index is 0.0190. The molecule has 1 heterocycles. The van der Waals surface area contributed by atoms with Crippen LogP contribution in [-0.2, 0) is 11.3 Å². The van der Waals surface area contributed by atoms with E-state index >= 15 is 0 Å². The lowest BCUT2D eigenvalue weighted by molar-refractivity contribution is -0.132. The van der Waals surface area contributed by atoms with Gasteiger partial charge in [0.25, 0.3) is 0 Å². The molecule has 0 aliphatic rings. The number of hydrogen-bond donors (Lipinski definition) is 1. The van der Waals surface area contributed by atoms with Gasteiger partial charge in [0.15, 0.2) is 0 Å². The smallest absolute Gasteiger partial charge is 0.244 e. The molecule has 6 heteroatoms. The van der Waals surface area contributed by atoms with Crippen LogP contribution in [0.15, 0.2) is 6.20 Å². The second-order valence-electron chi connectivity index (χ2n) is 4.83. The van der Waals surface area contributed by atoms with Crippen LogP contribution in [0, 0.1) is 0 Å². The Kier molecular flexibility index (Phi) is 5.27. The van der Waals surface area contributed by atoms with Crippen molar-refractivity contribution >= 4 is 5.91 Å². The lowest BCUT2D eigenvalue weighted by Crippen LogP contribution is -2.35. The quantitative estimate of drug-likeness (QED) is 0.818. The van der Waals surface area contributed by atoms with Gasteiger partial charge in [-0.05, 0) is 20.3 Å². The van der Waals surface area contributed by atoms with Crippen molar-refractivity contribution in [1.82, 2.24) is 19.9 Å². The average molecular weight is 253 g/mol. The normalized spacial score (nSPS) is 12.8. The van der Waals surface area contributed by atoms with Gasteiger partial charge in [-0.25, -0.2) is 4.68 Å². The number of amides is 1. The monoisotopic (exact) mass is 253 g/mol. The Morgan fingerprint density at radius 3 is 2.78 bits per heavy atom. The highest BCUT2D eigenvalue weighted by Crippen LogP contribution is 2.11. The van der Waals surface area contributed by atoms with E-state index in [4.69, 9.17) is 5.73 Å². The van der Waals surface area contributed by atoms with Gasteiger partial charge in [-0.1, -0.05) is 18.6 Å². The molecule has 18 heavy (non-hydrogen) atoms. The summed E-state index contributed by atoms with van der Waals surface area (Å²) in [6.45, 7) is 6.23. The first-order chi connectivity index (χ1) is 8.45. The van der Waals surface area contributed by atoms with Gasteiger partial charge >= 0.3 is 0 Å². The molecule has 1 rings (SSSR count). The van der Waals surface area contributed by atoms with Crippen molar-refractivity contribution in [3.05, 3.63) is 11.9 Å². The molecule has 0 saturated carbocycles. The molecule has 0 bridgehead atoms. The highest BCUT2D eigenvalue weighted by Gasteiger charge is 2.15. The zero-order valence-corrected chi connectivity index (χ0v) is 11.6. The minimum atomic E-state index is -0.0957. The van der Waals surface area contributed by atoms with Crippen LogP contribution < -0.4 is 5.73 Å². The summed E-state index contributed by atoms with van der Waals surface area (Å²) in [5.74, 6) is 0.0190. The number of aromatic nitrogens is 3. The van der Waals surface area contributed by atoms with E-state index in [2.05, 4.69) is 17.2 Å². The standard InChI is InChI=1S/C12H23N5O/c1-5-6-10(13)11-7-17(15-14-11)8-12(18)16(4)9(2)3/h7,9-10H,5-6,8,13H2,1-4H3. The van der Waals surface area contributed by atoms with Gasteiger partial charge < -0.3 is 10.6 Å². The highest BCUT2D eigenvalue weighted by molar-refractivity contribution is 5.75. The number of likely N-dealkylation sites (N-methyl/N-ethyl adjacent to an activating group) is 1. The topological polar surface area (TPSA) is 77.0 Å². The molecule has 1 unspecified atom stereocenters. The zero-order chi connectivity index (χ0) is 13.7. The van der Waals surface area contributed by atoms with Crippen LogP contribution in [0.2, 0.25) is 0 Å². The first kappa shape index (κ1) is 14.6. The van der Waals surface area contributed by atoms with Gasteiger partial charge in [0.1, 0.15) is 6.54 Å². The molecule has 0 aliphatic carbocycles. The second kappa shape index (κ2) is 6.49. The Labute approximate surface area is 108 Å². The fourth-order valence-corrected chi connectivity index (χ4v) is 1.56. The fraction of sp³-hybridized carbons (Fsp3) is 0.750. The largest absolute Gasteiger partial charge is 0.342 e. The predicted octanol–water partition coefficient (Wildman–Crippen LogP) is 0.945. The molecule has 0 spiro atoms. The van der Waals surface area contributed by atoms with E-state index in [0.29, 0.717) is 0 Å². The molecule has 1 aromatic rings. The van der Waals surface area contributed by atoms with Gasteiger partial charge in [0.2, 0.25) is 5.91 Å². The minimum Gasteiger partial charge on any atom is -0.342 e. The molecule has 0 radical (unpaired) electrons. The summed E-state index contributed by atoms with van der Waals surface area (Å²) < 4.78 is 1.55. The Morgan fingerprint density at radius 2 is 2.22 bits per heavy atom. The molecule has 0 aliphatic heterocycles. The maximum absolute atomic E-state index is 11.9. The average Bonchev–Trinajstić information content (AvgIpc) is 2.76. The second-order valence-corrected chi connectivity index (χ2v) is 4.83. The van der Waals surface area contributed by atoms with Gasteiger partial charge in [-0.2, -0.15) is 0 Å². The summed E-state index contributed by atoms with van der Waals surface area (Å²) in [5.41, 5.74) is 6.69. The van der Waals surface area contributed by atoms with Crippen molar-refractivity contribution in [3.63, 3.8) is 0 Å². The van der Waals surface area contributed by atoms with E-state index in [1.807, 2.05) is 13.8 Å². The van der Waals surface area contributed by atoms with E-state index < -0.39 is 0 Å². The van der Waals surface area contributed by atoms with Crippen LogP contribution in [0.1, 0.15) is 45.3 Å². The zero-order valence-electron chi connectivity index (χ0n) is 11.6. The third kappa shape index (κ3) is 3.80. The number of nitrogens with two attached hydrogens (primary N) is 1. The van der Waals surface area contributed by atoms with E-state index in [0.717, 1.165) is 18.5 Å². The third-order valence-electron chi connectivity index (χ3n) is 3.00. The summed E-state index contributed by atoms with van der Waals surface area (Å²) in [7, 11) is 1.79. The molecule has 0 aromatic carbocycles. The summed E-state index contributed by atoms with van der Waals surface area (Å²) in [6, 6.07) is 0.0875. The van der Waals surface area contributed by atoms with Crippen molar-refractivity contribution in [2.75, 3.05) is 7.05 Å². The Hall–Kier alpha value is -1.43. The van der Waals surface area contributed by atoms with Crippen molar-refractivity contribution in [2.45, 2.75) is 52.2 Å². The van der Waals surface area contributed by atoms with Gasteiger partial charge in [0.05, 0.1) is 17.9 Å². The number of carbonyl (C=O) groups excluding carboxylic acids is 1. The van der Waals surface area contributed by atoms with E-state index in [9.17, 15) is 4.79 Å².